The van der Waals surface area contributed by atoms with Crippen molar-refractivity contribution in [1.29, 1.82) is 0 Å². The molecule has 1 aliphatic heterocycles. The van der Waals surface area contributed by atoms with Crippen LogP contribution in [0.4, 0.5) is 5.69 Å². The minimum Gasteiger partial charge on any atom is -0.369 e. The molecule has 0 spiro atoms. The lowest BCUT2D eigenvalue weighted by Gasteiger charge is -2.33. The van der Waals surface area contributed by atoms with E-state index in [0.29, 0.717) is 11.7 Å². The average molecular weight is 277 g/mol. The Morgan fingerprint density at radius 3 is 2.89 bits per heavy atom. The van der Waals surface area contributed by atoms with E-state index < -0.39 is 0 Å². The molecule has 3 N–H and O–H groups in total. The van der Waals surface area contributed by atoms with Gasteiger partial charge < -0.3 is 16.0 Å². The predicted molar refractivity (Wildman–Crippen MR) is 80.9 cm³/mol. The highest BCUT2D eigenvalue weighted by molar-refractivity contribution is 7.80. The molecular weight excluding hydrogens is 258 g/mol. The number of para-hydroxylation sites is 1. The standard InChI is InChI=1S/C14H19N3OS/c1-10-5-2-3-7-12(10)16-14(19)17-8-4-6-11(9-17)13(15)18/h2-3,5,7,11H,4,6,8-9H2,1H3,(H2,15,18)(H,16,19)/t11-/m1/s1. The summed E-state index contributed by atoms with van der Waals surface area (Å²) in [6, 6.07) is 8.00. The van der Waals surface area contributed by atoms with Crippen LogP contribution in [0.5, 0.6) is 0 Å². The van der Waals surface area contributed by atoms with Crippen LogP contribution in [0.15, 0.2) is 24.3 Å². The highest BCUT2D eigenvalue weighted by Gasteiger charge is 2.25. The number of aryl methyl sites for hydroxylation is 1. The van der Waals surface area contributed by atoms with Gasteiger partial charge in [-0.1, -0.05) is 18.2 Å². The number of nitrogens with zero attached hydrogens (tertiary/aromatic N) is 1. The van der Waals surface area contributed by atoms with Gasteiger partial charge in [-0.25, -0.2) is 0 Å². The van der Waals surface area contributed by atoms with E-state index in [9.17, 15) is 4.79 Å². The van der Waals surface area contributed by atoms with E-state index in [2.05, 4.69) is 5.32 Å². The molecule has 102 valence electrons. The second-order valence-electron chi connectivity index (χ2n) is 4.93. The molecule has 1 aromatic rings. The van der Waals surface area contributed by atoms with Crippen LogP contribution in [0.1, 0.15) is 18.4 Å². The number of hydrogen-bond donors (Lipinski definition) is 2. The molecule has 0 bridgehead atoms. The second-order valence-corrected chi connectivity index (χ2v) is 5.32. The fraction of sp³-hybridized carbons (Fsp3) is 0.429. The molecule has 0 aliphatic carbocycles. The Morgan fingerprint density at radius 2 is 2.21 bits per heavy atom. The van der Waals surface area contributed by atoms with Gasteiger partial charge in [-0.05, 0) is 43.6 Å². The van der Waals surface area contributed by atoms with Gasteiger partial charge in [-0.2, -0.15) is 0 Å². The molecule has 1 aromatic carbocycles. The first-order chi connectivity index (χ1) is 9.08. The van der Waals surface area contributed by atoms with Crippen LogP contribution < -0.4 is 11.1 Å². The molecule has 2 rings (SSSR count). The number of nitrogens with one attached hydrogen (secondary N) is 1. The molecule has 0 unspecified atom stereocenters. The normalized spacial score (nSPS) is 19.0. The Morgan fingerprint density at radius 1 is 1.47 bits per heavy atom. The number of carbonyl (C=O) groups is 1. The molecule has 0 aromatic heterocycles. The van der Waals surface area contributed by atoms with Crippen LogP contribution >= 0.6 is 12.2 Å². The number of nitrogens with two attached hydrogens (primary N) is 1. The fourth-order valence-corrected chi connectivity index (χ4v) is 2.58. The third-order valence-corrected chi connectivity index (χ3v) is 3.86. The first kappa shape index (κ1) is 13.8. The van der Waals surface area contributed by atoms with Gasteiger partial charge in [0.25, 0.3) is 0 Å². The smallest absolute Gasteiger partial charge is 0.222 e. The van der Waals surface area contributed by atoms with E-state index in [1.807, 2.05) is 36.1 Å². The molecule has 0 radical (unpaired) electrons. The number of carbonyl (C=O) groups excluding carboxylic acids is 1. The lowest BCUT2D eigenvalue weighted by Crippen LogP contribution is -2.45. The maximum absolute atomic E-state index is 11.3. The third-order valence-electron chi connectivity index (χ3n) is 3.50. The first-order valence-electron chi connectivity index (χ1n) is 6.49. The summed E-state index contributed by atoms with van der Waals surface area (Å²) in [4.78, 5) is 13.3. The maximum Gasteiger partial charge on any atom is 0.222 e. The van der Waals surface area contributed by atoms with Crippen molar-refractivity contribution in [3.63, 3.8) is 0 Å². The number of primary amides is 1. The van der Waals surface area contributed by atoms with Crippen molar-refractivity contribution in [1.82, 2.24) is 4.90 Å². The summed E-state index contributed by atoms with van der Waals surface area (Å²) in [6.07, 6.45) is 1.81. The van der Waals surface area contributed by atoms with Gasteiger partial charge in [0.05, 0.1) is 5.92 Å². The summed E-state index contributed by atoms with van der Waals surface area (Å²) in [6.45, 7) is 3.53. The van der Waals surface area contributed by atoms with Crippen molar-refractivity contribution >= 4 is 28.9 Å². The summed E-state index contributed by atoms with van der Waals surface area (Å²) in [5, 5.41) is 3.91. The van der Waals surface area contributed by atoms with Crippen LogP contribution in [0.3, 0.4) is 0 Å². The molecule has 1 heterocycles. The van der Waals surface area contributed by atoms with Gasteiger partial charge in [0, 0.05) is 18.8 Å². The molecule has 1 atom stereocenters. The second kappa shape index (κ2) is 6.02. The van der Waals surface area contributed by atoms with Crippen molar-refractivity contribution in [2.45, 2.75) is 19.8 Å². The number of hydrogen-bond acceptors (Lipinski definition) is 2. The van der Waals surface area contributed by atoms with Crippen molar-refractivity contribution in [3.8, 4) is 0 Å². The maximum atomic E-state index is 11.3. The van der Waals surface area contributed by atoms with Crippen LogP contribution in [-0.4, -0.2) is 29.0 Å². The molecule has 0 saturated carbocycles. The van der Waals surface area contributed by atoms with Gasteiger partial charge >= 0.3 is 0 Å². The average Bonchev–Trinajstić information content (AvgIpc) is 2.41. The molecule has 1 amide bonds. The summed E-state index contributed by atoms with van der Waals surface area (Å²) >= 11 is 5.42. The van der Waals surface area contributed by atoms with Crippen LogP contribution in [0.25, 0.3) is 0 Å². The van der Waals surface area contributed by atoms with E-state index in [1.54, 1.807) is 0 Å². The van der Waals surface area contributed by atoms with Gasteiger partial charge in [-0.15, -0.1) is 0 Å². The monoisotopic (exact) mass is 277 g/mol. The quantitative estimate of drug-likeness (QED) is 0.811. The third kappa shape index (κ3) is 3.44. The van der Waals surface area contributed by atoms with Gasteiger partial charge in [0.15, 0.2) is 5.11 Å². The zero-order chi connectivity index (χ0) is 13.8. The van der Waals surface area contributed by atoms with E-state index in [0.717, 1.165) is 30.6 Å². The minimum absolute atomic E-state index is 0.0922. The van der Waals surface area contributed by atoms with Crippen molar-refractivity contribution < 1.29 is 4.79 Å². The van der Waals surface area contributed by atoms with E-state index in [-0.39, 0.29) is 11.8 Å². The van der Waals surface area contributed by atoms with Crippen LogP contribution in [0.2, 0.25) is 0 Å². The molecule has 1 aliphatic rings. The lowest BCUT2D eigenvalue weighted by atomic mass is 9.98. The first-order valence-corrected chi connectivity index (χ1v) is 6.89. The SMILES string of the molecule is Cc1ccccc1NC(=S)N1CCC[C@@H](C(N)=O)C1. The molecular formula is C14H19N3OS. The minimum atomic E-state index is -0.233. The van der Waals surface area contributed by atoms with Crippen molar-refractivity contribution in [2.75, 3.05) is 18.4 Å². The Kier molecular flexibility index (Phi) is 4.37. The fourth-order valence-electron chi connectivity index (χ4n) is 2.30. The van der Waals surface area contributed by atoms with Crippen molar-refractivity contribution in [2.24, 2.45) is 11.7 Å². The lowest BCUT2D eigenvalue weighted by molar-refractivity contribution is -0.122. The van der Waals surface area contributed by atoms with E-state index in [1.165, 1.54) is 0 Å². The number of amides is 1. The molecule has 5 heteroatoms. The highest BCUT2D eigenvalue weighted by Crippen LogP contribution is 2.19. The van der Waals surface area contributed by atoms with E-state index >= 15 is 0 Å². The number of likely N-dealkylation sites (tertiary alicyclic amines) is 1. The van der Waals surface area contributed by atoms with Crippen molar-refractivity contribution in [3.05, 3.63) is 29.8 Å². The van der Waals surface area contributed by atoms with Crippen LogP contribution in [0, 0.1) is 12.8 Å². The Hall–Kier alpha value is -1.62. The number of rotatable bonds is 2. The number of benzene rings is 1. The number of thiocarbonyl (C=S) groups is 1. The number of piperidine rings is 1. The molecule has 19 heavy (non-hydrogen) atoms. The zero-order valence-corrected chi connectivity index (χ0v) is 11.9. The Bertz CT molecular complexity index is 489. The van der Waals surface area contributed by atoms with Gasteiger partial charge in [0.1, 0.15) is 0 Å². The van der Waals surface area contributed by atoms with Crippen LogP contribution in [-0.2, 0) is 4.79 Å². The van der Waals surface area contributed by atoms with E-state index in [4.69, 9.17) is 18.0 Å². The molecule has 1 fully saturated rings. The van der Waals surface area contributed by atoms with Gasteiger partial charge in [0.2, 0.25) is 5.91 Å². The summed E-state index contributed by atoms with van der Waals surface area (Å²) in [5.41, 5.74) is 7.53. The topological polar surface area (TPSA) is 58.4 Å². The Labute approximate surface area is 119 Å². The zero-order valence-electron chi connectivity index (χ0n) is 11.1. The summed E-state index contributed by atoms with van der Waals surface area (Å²) in [7, 11) is 0. The highest BCUT2D eigenvalue weighted by atomic mass is 32.1. The largest absolute Gasteiger partial charge is 0.369 e. The predicted octanol–water partition coefficient (Wildman–Crippen LogP) is 1.89. The summed E-state index contributed by atoms with van der Waals surface area (Å²) < 4.78 is 0. The Balaban J connectivity index is 2.00. The summed E-state index contributed by atoms with van der Waals surface area (Å²) in [5.74, 6) is -0.325. The van der Waals surface area contributed by atoms with Gasteiger partial charge in [-0.3, -0.25) is 4.79 Å². The molecule has 4 nitrogen and oxygen atoms in total. The number of anilines is 1. The molecule has 1 saturated heterocycles.